The highest BCUT2D eigenvalue weighted by molar-refractivity contribution is 7.92. The Labute approximate surface area is 208 Å². The maximum Gasteiger partial charge on any atom is 0.417 e. The van der Waals surface area contributed by atoms with Gasteiger partial charge in [-0.25, -0.2) is 13.8 Å². The summed E-state index contributed by atoms with van der Waals surface area (Å²) in [6.07, 6.45) is -8.74. The molecule has 0 bridgehead atoms. The van der Waals surface area contributed by atoms with E-state index in [2.05, 4.69) is 5.10 Å². The number of hydrogen-bond acceptors (Lipinski definition) is 4. The molecule has 3 aromatic carbocycles. The van der Waals surface area contributed by atoms with E-state index in [-0.39, 0.29) is 10.5 Å². The molecule has 0 aromatic heterocycles. The fraction of sp³-hybridized carbons (Fsp3) is 0.167. The average Bonchev–Trinajstić information content (AvgIpc) is 2.82. The van der Waals surface area contributed by atoms with Gasteiger partial charge in [0.25, 0.3) is 15.9 Å². The van der Waals surface area contributed by atoms with Crippen LogP contribution in [0.25, 0.3) is 0 Å². The van der Waals surface area contributed by atoms with Crippen molar-refractivity contribution >= 4 is 27.8 Å². The van der Waals surface area contributed by atoms with E-state index in [1.165, 1.54) is 36.4 Å². The second-order valence-electron chi connectivity index (χ2n) is 7.75. The van der Waals surface area contributed by atoms with E-state index in [1.807, 2.05) is 5.43 Å². The number of aryl methyl sites for hydroxylation is 1. The minimum atomic E-state index is -4.78. The lowest BCUT2D eigenvalue weighted by molar-refractivity contribution is -0.138. The van der Waals surface area contributed by atoms with Crippen LogP contribution >= 0.6 is 0 Å². The summed E-state index contributed by atoms with van der Waals surface area (Å²) >= 11 is 0. The summed E-state index contributed by atoms with van der Waals surface area (Å²) < 4.78 is 106. The zero-order chi connectivity index (χ0) is 27.4. The topological polar surface area (TPSA) is 78.8 Å². The molecule has 0 aliphatic carbocycles. The molecule has 1 N–H and O–H groups in total. The number of hydrogen-bond donors (Lipinski definition) is 1. The molecule has 0 heterocycles. The lowest BCUT2D eigenvalue weighted by Crippen LogP contribution is -2.39. The van der Waals surface area contributed by atoms with Gasteiger partial charge in [-0.2, -0.15) is 31.4 Å². The lowest BCUT2D eigenvalue weighted by atomic mass is 10.1. The van der Waals surface area contributed by atoms with Crippen LogP contribution < -0.4 is 9.73 Å². The van der Waals surface area contributed by atoms with Crippen LogP contribution in [0.3, 0.4) is 0 Å². The molecule has 0 fully saturated rings. The fourth-order valence-corrected chi connectivity index (χ4v) is 4.61. The van der Waals surface area contributed by atoms with Crippen molar-refractivity contribution in [2.45, 2.75) is 24.2 Å². The normalized spacial score (nSPS) is 12.5. The zero-order valence-electron chi connectivity index (χ0n) is 19.0. The van der Waals surface area contributed by atoms with Crippen LogP contribution in [0.5, 0.6) is 0 Å². The molecular weight excluding hydrogens is 524 g/mol. The third-order valence-corrected chi connectivity index (χ3v) is 6.80. The van der Waals surface area contributed by atoms with Crippen LogP contribution in [0.2, 0.25) is 0 Å². The number of sulfonamides is 1. The number of nitrogens with zero attached hydrogens (tertiary/aromatic N) is 2. The number of carbonyl (C=O) groups excluding carboxylic acids is 1. The van der Waals surface area contributed by atoms with Crippen molar-refractivity contribution in [2.75, 3.05) is 10.8 Å². The summed E-state index contributed by atoms with van der Waals surface area (Å²) in [4.78, 5) is 12.3. The van der Waals surface area contributed by atoms with Gasteiger partial charge in [-0.3, -0.25) is 9.10 Å². The van der Waals surface area contributed by atoms with Gasteiger partial charge in [-0.1, -0.05) is 42.0 Å². The molecule has 0 saturated heterocycles. The van der Waals surface area contributed by atoms with E-state index in [1.54, 1.807) is 6.92 Å². The predicted octanol–water partition coefficient (Wildman–Crippen LogP) is 5.38. The largest absolute Gasteiger partial charge is 0.417 e. The summed E-state index contributed by atoms with van der Waals surface area (Å²) in [5.74, 6) is -1.10. The van der Waals surface area contributed by atoms with Crippen LogP contribution in [0, 0.1) is 6.92 Å². The molecule has 6 nitrogen and oxygen atoms in total. The number of rotatable bonds is 7. The van der Waals surface area contributed by atoms with Gasteiger partial charge in [0.05, 0.1) is 27.9 Å². The standard InChI is InChI=1S/C24H19F6N3O3S/c1-16-9-11-20(12-10-16)37(35,36)33(19-7-4-6-18(13-19)23(25,26)27)15-22(34)32-31-14-17-5-2-3-8-21(17)24(28,29)30/h2-14H,15H2,1H3,(H,32,34)/b31-14+. The Morgan fingerprint density at radius 1 is 0.919 bits per heavy atom. The molecule has 196 valence electrons. The van der Waals surface area contributed by atoms with Gasteiger partial charge in [0.1, 0.15) is 6.54 Å². The third-order valence-electron chi connectivity index (χ3n) is 5.02. The highest BCUT2D eigenvalue weighted by Gasteiger charge is 2.34. The van der Waals surface area contributed by atoms with Crippen molar-refractivity contribution in [2.24, 2.45) is 5.10 Å². The van der Waals surface area contributed by atoms with E-state index in [9.17, 15) is 39.6 Å². The molecule has 0 radical (unpaired) electrons. The van der Waals surface area contributed by atoms with Crippen LogP contribution in [0.15, 0.2) is 82.8 Å². The second-order valence-corrected chi connectivity index (χ2v) is 9.61. The average molecular weight is 543 g/mol. The SMILES string of the molecule is Cc1ccc(S(=O)(=O)N(CC(=O)N/N=C/c2ccccc2C(F)(F)F)c2cccc(C(F)(F)F)c2)cc1. The number of amides is 1. The third kappa shape index (κ3) is 6.88. The van der Waals surface area contributed by atoms with Gasteiger partial charge in [0.15, 0.2) is 0 Å². The first-order valence-electron chi connectivity index (χ1n) is 10.4. The van der Waals surface area contributed by atoms with E-state index >= 15 is 0 Å². The lowest BCUT2D eigenvalue weighted by Gasteiger charge is -2.24. The van der Waals surface area contributed by atoms with Gasteiger partial charge in [0.2, 0.25) is 0 Å². The molecule has 0 aliphatic heterocycles. The Morgan fingerprint density at radius 2 is 1.57 bits per heavy atom. The molecule has 1 amide bonds. The van der Waals surface area contributed by atoms with Gasteiger partial charge >= 0.3 is 12.4 Å². The molecule has 37 heavy (non-hydrogen) atoms. The maximum absolute atomic E-state index is 13.3. The fourth-order valence-electron chi connectivity index (χ4n) is 3.20. The number of benzene rings is 3. The first kappa shape index (κ1) is 27.7. The zero-order valence-corrected chi connectivity index (χ0v) is 19.8. The summed E-state index contributed by atoms with van der Waals surface area (Å²) in [7, 11) is -4.53. The summed E-state index contributed by atoms with van der Waals surface area (Å²) in [6, 6.07) is 13.2. The number of carbonyl (C=O) groups is 1. The van der Waals surface area contributed by atoms with Crippen molar-refractivity contribution in [3.05, 3.63) is 95.1 Å². The summed E-state index contributed by atoms with van der Waals surface area (Å²) in [5, 5.41) is 3.46. The van der Waals surface area contributed by atoms with Crippen molar-refractivity contribution < 1.29 is 39.6 Å². The molecular formula is C24H19F6N3O3S. The smallest absolute Gasteiger partial charge is 0.271 e. The Hall–Kier alpha value is -3.87. The molecule has 0 saturated carbocycles. The Bertz CT molecular complexity index is 1400. The van der Waals surface area contributed by atoms with E-state index in [4.69, 9.17) is 0 Å². The maximum atomic E-state index is 13.3. The van der Waals surface area contributed by atoms with Gasteiger partial charge in [0, 0.05) is 5.56 Å². The molecule has 0 unspecified atom stereocenters. The van der Waals surface area contributed by atoms with Gasteiger partial charge in [-0.05, 0) is 43.3 Å². The Morgan fingerprint density at radius 3 is 2.19 bits per heavy atom. The van der Waals surface area contributed by atoms with E-state index in [0.29, 0.717) is 10.4 Å². The first-order chi connectivity index (χ1) is 17.2. The second kappa shape index (κ2) is 10.6. The molecule has 3 rings (SSSR count). The molecule has 13 heteroatoms. The van der Waals surface area contributed by atoms with Gasteiger partial charge < -0.3 is 0 Å². The van der Waals surface area contributed by atoms with Crippen LogP contribution in [0.4, 0.5) is 32.0 Å². The minimum Gasteiger partial charge on any atom is -0.271 e. The molecule has 0 atom stereocenters. The Kier molecular flexibility index (Phi) is 7.96. The number of hydrazone groups is 1. The molecule has 0 aliphatic rings. The predicted molar refractivity (Wildman–Crippen MR) is 124 cm³/mol. The van der Waals surface area contributed by atoms with Crippen LogP contribution in [0.1, 0.15) is 22.3 Å². The molecule has 3 aromatic rings. The van der Waals surface area contributed by atoms with Gasteiger partial charge in [-0.15, -0.1) is 0 Å². The molecule has 0 spiro atoms. The van der Waals surface area contributed by atoms with E-state index in [0.717, 1.165) is 42.1 Å². The quantitative estimate of drug-likeness (QED) is 0.247. The van der Waals surface area contributed by atoms with Crippen molar-refractivity contribution in [3.63, 3.8) is 0 Å². The number of halogens is 6. The summed E-state index contributed by atoms with van der Waals surface area (Å²) in [6.45, 7) is 0.694. The Balaban J connectivity index is 1.92. The number of nitrogens with one attached hydrogen (secondary N) is 1. The first-order valence-corrected chi connectivity index (χ1v) is 11.9. The number of anilines is 1. The highest BCUT2D eigenvalue weighted by Crippen LogP contribution is 2.33. The van der Waals surface area contributed by atoms with Crippen molar-refractivity contribution in [1.82, 2.24) is 5.43 Å². The van der Waals surface area contributed by atoms with Crippen molar-refractivity contribution in [1.29, 1.82) is 0 Å². The van der Waals surface area contributed by atoms with E-state index < -0.39 is 51.6 Å². The van der Waals surface area contributed by atoms with Crippen LogP contribution in [-0.4, -0.2) is 27.1 Å². The minimum absolute atomic E-state index is 0.286. The highest BCUT2D eigenvalue weighted by atomic mass is 32.2. The van der Waals surface area contributed by atoms with Crippen molar-refractivity contribution in [3.8, 4) is 0 Å². The number of alkyl halides is 6. The van der Waals surface area contributed by atoms with Crippen LogP contribution in [-0.2, 0) is 27.2 Å². The monoisotopic (exact) mass is 543 g/mol. The summed E-state index contributed by atoms with van der Waals surface area (Å²) in [5.41, 5.74) is -0.326.